The van der Waals surface area contributed by atoms with Crippen LogP contribution in [0.2, 0.25) is 0 Å². The molecule has 1 aromatic carbocycles. The van der Waals surface area contributed by atoms with Crippen LogP contribution in [-0.4, -0.2) is 22.0 Å². The molecule has 0 radical (unpaired) electrons. The van der Waals surface area contributed by atoms with E-state index in [0.29, 0.717) is 12.2 Å². The van der Waals surface area contributed by atoms with Gasteiger partial charge in [-0.05, 0) is 36.4 Å². The number of fused-ring (bicyclic) bond motifs is 1. The van der Waals surface area contributed by atoms with Gasteiger partial charge in [-0.15, -0.1) is 0 Å². The number of benzene rings is 1. The minimum Gasteiger partial charge on any atom is -0.399 e. The molecule has 0 atom stereocenters. The van der Waals surface area contributed by atoms with Gasteiger partial charge in [-0.25, -0.2) is 4.79 Å². The number of anilines is 2. The number of nitrogens with zero attached hydrogens (tertiary/aromatic N) is 2. The molecule has 5 heteroatoms. The molecule has 0 aliphatic carbocycles. The maximum Gasteiger partial charge on any atom is 0.322 e. The topological polar surface area (TPSA) is 63.3 Å². The van der Waals surface area contributed by atoms with Gasteiger partial charge >= 0.3 is 6.03 Å². The third-order valence-corrected chi connectivity index (χ3v) is 3.34. The predicted molar refractivity (Wildman–Crippen MR) is 74.7 cm³/mol. The molecule has 3 rings (SSSR count). The highest BCUT2D eigenvalue weighted by molar-refractivity contribution is 5.89. The Bertz CT molecular complexity index is 588. The smallest absolute Gasteiger partial charge is 0.322 e. The number of carbonyl (C=O) groups excluding carboxylic acids is 1. The number of hydrogen-bond acceptors (Lipinski definition) is 2. The summed E-state index contributed by atoms with van der Waals surface area (Å²) in [6.45, 7) is 2.22. The van der Waals surface area contributed by atoms with Crippen LogP contribution >= 0.6 is 0 Å². The number of hydrogen-bond donors (Lipinski definition) is 2. The molecule has 5 nitrogen and oxygen atoms in total. The van der Waals surface area contributed by atoms with Crippen molar-refractivity contribution in [2.75, 3.05) is 17.6 Å². The van der Waals surface area contributed by atoms with E-state index in [1.54, 1.807) is 24.3 Å². The molecule has 2 aromatic rings. The number of nitrogens with two attached hydrogens (primary N) is 1. The monoisotopic (exact) mass is 256 g/mol. The number of nitrogen functional groups attached to an aromatic ring is 1. The quantitative estimate of drug-likeness (QED) is 0.768. The Labute approximate surface area is 111 Å². The van der Waals surface area contributed by atoms with Gasteiger partial charge in [0.1, 0.15) is 0 Å². The van der Waals surface area contributed by atoms with Crippen molar-refractivity contribution < 1.29 is 4.79 Å². The normalized spacial score (nSPS) is 14.0. The third kappa shape index (κ3) is 2.40. The fourth-order valence-electron chi connectivity index (χ4n) is 2.26. The van der Waals surface area contributed by atoms with Gasteiger partial charge in [0.15, 0.2) is 0 Å². The van der Waals surface area contributed by atoms with Gasteiger partial charge in [0.2, 0.25) is 0 Å². The number of amides is 2. The number of aromatic nitrogens is 1. The first-order valence-electron chi connectivity index (χ1n) is 6.28. The van der Waals surface area contributed by atoms with Crippen molar-refractivity contribution in [1.82, 2.24) is 9.47 Å². The molecule has 2 heterocycles. The second kappa shape index (κ2) is 4.68. The summed E-state index contributed by atoms with van der Waals surface area (Å²) in [5.41, 5.74) is 8.23. The van der Waals surface area contributed by atoms with Gasteiger partial charge in [0.05, 0.1) is 6.54 Å². The van der Waals surface area contributed by atoms with E-state index in [4.69, 9.17) is 5.73 Å². The molecule has 0 spiro atoms. The zero-order chi connectivity index (χ0) is 13.2. The fraction of sp³-hybridized carbons (Fsp3) is 0.214. The molecule has 1 aromatic heterocycles. The summed E-state index contributed by atoms with van der Waals surface area (Å²) in [6, 6.07) is 11.1. The Hall–Kier alpha value is -2.43. The van der Waals surface area contributed by atoms with E-state index in [1.165, 1.54) is 5.69 Å². The summed E-state index contributed by atoms with van der Waals surface area (Å²) in [7, 11) is 0. The highest BCUT2D eigenvalue weighted by Gasteiger charge is 2.19. The van der Waals surface area contributed by atoms with Gasteiger partial charge in [-0.3, -0.25) is 0 Å². The van der Waals surface area contributed by atoms with Crippen LogP contribution < -0.4 is 11.1 Å². The molecular formula is C14H16N4O. The van der Waals surface area contributed by atoms with E-state index in [1.807, 2.05) is 23.2 Å². The van der Waals surface area contributed by atoms with E-state index in [9.17, 15) is 4.79 Å². The average Bonchev–Trinajstić information content (AvgIpc) is 2.88. The lowest BCUT2D eigenvalue weighted by atomic mass is 10.3. The lowest BCUT2D eigenvalue weighted by Crippen LogP contribution is -2.40. The molecule has 0 fully saturated rings. The molecule has 3 N–H and O–H groups in total. The van der Waals surface area contributed by atoms with E-state index in [0.717, 1.165) is 18.8 Å². The van der Waals surface area contributed by atoms with Crippen LogP contribution in [0.3, 0.4) is 0 Å². The Kier molecular flexibility index (Phi) is 2.87. The summed E-state index contributed by atoms with van der Waals surface area (Å²) < 4.78 is 2.17. The van der Waals surface area contributed by atoms with Crippen LogP contribution in [0.4, 0.5) is 16.2 Å². The molecule has 0 saturated carbocycles. The van der Waals surface area contributed by atoms with Crippen molar-refractivity contribution in [3.05, 3.63) is 48.3 Å². The summed E-state index contributed by atoms with van der Waals surface area (Å²) in [5.74, 6) is 0. The van der Waals surface area contributed by atoms with Gasteiger partial charge < -0.3 is 20.5 Å². The maximum atomic E-state index is 12.2. The molecule has 2 amide bonds. The van der Waals surface area contributed by atoms with E-state index in [2.05, 4.69) is 9.88 Å². The third-order valence-electron chi connectivity index (χ3n) is 3.34. The van der Waals surface area contributed by atoms with Crippen molar-refractivity contribution in [1.29, 1.82) is 0 Å². The van der Waals surface area contributed by atoms with Crippen LogP contribution in [0.5, 0.6) is 0 Å². The lowest BCUT2D eigenvalue weighted by Gasteiger charge is -2.28. The molecule has 1 aliphatic heterocycles. The van der Waals surface area contributed by atoms with Crippen molar-refractivity contribution >= 4 is 17.4 Å². The number of rotatable bonds is 1. The number of carbonyl (C=O) groups is 1. The van der Waals surface area contributed by atoms with Crippen LogP contribution in [0.1, 0.15) is 5.69 Å². The Morgan fingerprint density at radius 2 is 1.95 bits per heavy atom. The molecular weight excluding hydrogens is 240 g/mol. The van der Waals surface area contributed by atoms with Crippen LogP contribution in [-0.2, 0) is 13.1 Å². The van der Waals surface area contributed by atoms with Gasteiger partial charge in [-0.2, -0.15) is 0 Å². The SMILES string of the molecule is Nc1ccc(NC(=O)N2CCn3cccc3C2)cc1. The minimum atomic E-state index is -0.0720. The first-order valence-corrected chi connectivity index (χ1v) is 6.28. The second-order valence-corrected chi connectivity index (χ2v) is 4.67. The molecule has 0 unspecified atom stereocenters. The first kappa shape index (κ1) is 11.6. The molecule has 0 bridgehead atoms. The van der Waals surface area contributed by atoms with Crippen molar-refractivity contribution in [2.45, 2.75) is 13.1 Å². The molecule has 1 aliphatic rings. The molecule has 19 heavy (non-hydrogen) atoms. The van der Waals surface area contributed by atoms with Gasteiger partial charge in [0.25, 0.3) is 0 Å². The van der Waals surface area contributed by atoms with E-state index >= 15 is 0 Å². The van der Waals surface area contributed by atoms with Crippen LogP contribution in [0.25, 0.3) is 0 Å². The molecule has 0 saturated heterocycles. The number of urea groups is 1. The zero-order valence-corrected chi connectivity index (χ0v) is 10.5. The van der Waals surface area contributed by atoms with E-state index in [-0.39, 0.29) is 6.03 Å². The highest BCUT2D eigenvalue weighted by Crippen LogP contribution is 2.15. The maximum absolute atomic E-state index is 12.2. The largest absolute Gasteiger partial charge is 0.399 e. The van der Waals surface area contributed by atoms with Crippen LogP contribution in [0.15, 0.2) is 42.6 Å². The molecule has 98 valence electrons. The number of nitrogens with one attached hydrogen (secondary N) is 1. The second-order valence-electron chi connectivity index (χ2n) is 4.67. The standard InChI is InChI=1S/C14H16N4O/c15-11-3-5-12(6-4-11)16-14(19)18-9-8-17-7-1-2-13(17)10-18/h1-7H,8-10,15H2,(H,16,19). The van der Waals surface area contributed by atoms with Gasteiger partial charge in [-0.1, -0.05) is 0 Å². The zero-order valence-electron chi connectivity index (χ0n) is 10.5. The Balaban J connectivity index is 1.67. The lowest BCUT2D eigenvalue weighted by molar-refractivity contribution is 0.197. The van der Waals surface area contributed by atoms with Crippen molar-refractivity contribution in [2.24, 2.45) is 0 Å². The van der Waals surface area contributed by atoms with Crippen LogP contribution in [0, 0.1) is 0 Å². The summed E-state index contributed by atoms with van der Waals surface area (Å²) in [6.07, 6.45) is 2.05. The highest BCUT2D eigenvalue weighted by atomic mass is 16.2. The first-order chi connectivity index (χ1) is 9.22. The van der Waals surface area contributed by atoms with E-state index < -0.39 is 0 Å². The average molecular weight is 256 g/mol. The predicted octanol–water partition coefficient (Wildman–Crippen LogP) is 2.12. The van der Waals surface area contributed by atoms with Crippen molar-refractivity contribution in [3.8, 4) is 0 Å². The Morgan fingerprint density at radius 3 is 2.74 bits per heavy atom. The summed E-state index contributed by atoms with van der Waals surface area (Å²) in [4.78, 5) is 14.0. The Morgan fingerprint density at radius 1 is 1.16 bits per heavy atom. The summed E-state index contributed by atoms with van der Waals surface area (Å²) >= 11 is 0. The fourth-order valence-corrected chi connectivity index (χ4v) is 2.26. The summed E-state index contributed by atoms with van der Waals surface area (Å²) in [5, 5.41) is 2.88. The minimum absolute atomic E-state index is 0.0720. The van der Waals surface area contributed by atoms with Crippen molar-refractivity contribution in [3.63, 3.8) is 0 Å². The van der Waals surface area contributed by atoms with Gasteiger partial charge in [0, 0.05) is 36.4 Å².